The minimum atomic E-state index is -0.322. The zero-order chi connectivity index (χ0) is 13.5. The number of aliphatic hydroxyl groups excluding tert-OH is 1. The molecular weight excluding hydrogens is 232 g/mol. The molecule has 1 aromatic rings. The molecule has 1 atom stereocenters. The van der Waals surface area contributed by atoms with Gasteiger partial charge in [-0.25, -0.2) is 0 Å². The first-order valence-electron chi connectivity index (χ1n) is 5.78. The van der Waals surface area contributed by atoms with Crippen molar-refractivity contribution >= 4 is 11.8 Å². The average molecular weight is 250 g/mol. The van der Waals surface area contributed by atoms with Gasteiger partial charge < -0.3 is 15.7 Å². The van der Waals surface area contributed by atoms with E-state index in [1.807, 2.05) is 13.0 Å². The highest BCUT2D eigenvalue weighted by Gasteiger charge is 2.09. The zero-order valence-electron chi connectivity index (χ0n) is 10.6. The van der Waals surface area contributed by atoms with Gasteiger partial charge in [-0.1, -0.05) is 17.7 Å². The molecule has 0 fully saturated rings. The van der Waals surface area contributed by atoms with Crippen LogP contribution in [0.3, 0.4) is 0 Å². The fourth-order valence-electron chi connectivity index (χ4n) is 1.42. The molecule has 0 aromatic heterocycles. The molecule has 1 aromatic carbocycles. The van der Waals surface area contributed by atoms with Crippen LogP contribution in [0.2, 0.25) is 0 Å². The summed E-state index contributed by atoms with van der Waals surface area (Å²) in [5, 5.41) is 13.8. The van der Waals surface area contributed by atoms with Gasteiger partial charge in [0.25, 0.3) is 5.91 Å². The molecule has 0 spiro atoms. The van der Waals surface area contributed by atoms with Gasteiger partial charge in [-0.3, -0.25) is 9.59 Å². The van der Waals surface area contributed by atoms with E-state index in [0.717, 1.165) is 5.56 Å². The van der Waals surface area contributed by atoms with Gasteiger partial charge in [0.15, 0.2) is 0 Å². The molecule has 5 nitrogen and oxygen atoms in total. The van der Waals surface area contributed by atoms with E-state index < -0.39 is 0 Å². The number of amides is 2. The van der Waals surface area contributed by atoms with Crippen LogP contribution in [0, 0.1) is 6.92 Å². The monoisotopic (exact) mass is 250 g/mol. The van der Waals surface area contributed by atoms with Crippen LogP contribution in [-0.2, 0) is 4.79 Å². The first-order valence-corrected chi connectivity index (χ1v) is 5.78. The summed E-state index contributed by atoms with van der Waals surface area (Å²) in [5.74, 6) is -0.608. The standard InChI is InChI=1S/C13H18N2O3/c1-9-4-3-5-11(6-9)13(18)14-7-12(17)15-10(2)8-16/h3-6,10,16H,7-8H2,1-2H3,(H,14,18)(H,15,17)/t10-/m0/s1. The predicted molar refractivity (Wildman–Crippen MR) is 68.2 cm³/mol. The van der Waals surface area contributed by atoms with Crippen LogP contribution in [-0.4, -0.2) is 36.1 Å². The van der Waals surface area contributed by atoms with Crippen LogP contribution in [0.25, 0.3) is 0 Å². The number of aliphatic hydroxyl groups is 1. The molecule has 2 amide bonds. The SMILES string of the molecule is Cc1cccc(C(=O)NCC(=O)N[C@@H](C)CO)c1. The van der Waals surface area contributed by atoms with E-state index in [1.54, 1.807) is 25.1 Å². The minimum Gasteiger partial charge on any atom is -0.394 e. The van der Waals surface area contributed by atoms with Crippen molar-refractivity contribution in [3.05, 3.63) is 35.4 Å². The van der Waals surface area contributed by atoms with Crippen LogP contribution >= 0.6 is 0 Å². The number of carbonyl (C=O) groups is 2. The maximum absolute atomic E-state index is 11.7. The van der Waals surface area contributed by atoms with Crippen molar-refractivity contribution in [3.8, 4) is 0 Å². The summed E-state index contributed by atoms with van der Waals surface area (Å²) >= 11 is 0. The molecule has 1 rings (SSSR count). The van der Waals surface area contributed by atoms with E-state index in [0.29, 0.717) is 5.56 Å². The van der Waals surface area contributed by atoms with E-state index in [2.05, 4.69) is 10.6 Å². The summed E-state index contributed by atoms with van der Waals surface area (Å²) in [6.07, 6.45) is 0. The Bertz CT molecular complexity index is 432. The third-order valence-corrected chi connectivity index (χ3v) is 2.37. The molecule has 0 bridgehead atoms. The Morgan fingerprint density at radius 2 is 2.11 bits per heavy atom. The Hall–Kier alpha value is -1.88. The normalized spacial score (nSPS) is 11.7. The topological polar surface area (TPSA) is 78.4 Å². The Kier molecular flexibility index (Phi) is 5.32. The zero-order valence-corrected chi connectivity index (χ0v) is 10.6. The molecule has 0 unspecified atom stereocenters. The smallest absolute Gasteiger partial charge is 0.251 e. The van der Waals surface area contributed by atoms with Crippen LogP contribution in [0.4, 0.5) is 0 Å². The van der Waals surface area contributed by atoms with Gasteiger partial charge in [-0.2, -0.15) is 0 Å². The number of benzene rings is 1. The molecule has 98 valence electrons. The van der Waals surface area contributed by atoms with Crippen molar-refractivity contribution in [1.29, 1.82) is 0 Å². The first kappa shape index (κ1) is 14.2. The Balaban J connectivity index is 2.44. The highest BCUT2D eigenvalue weighted by atomic mass is 16.3. The lowest BCUT2D eigenvalue weighted by atomic mass is 10.1. The van der Waals surface area contributed by atoms with E-state index in [4.69, 9.17) is 5.11 Å². The molecule has 0 aliphatic rings. The molecule has 0 aliphatic carbocycles. The molecular formula is C13H18N2O3. The minimum absolute atomic E-state index is 0.100. The Morgan fingerprint density at radius 1 is 1.39 bits per heavy atom. The van der Waals surface area contributed by atoms with Crippen molar-refractivity contribution in [3.63, 3.8) is 0 Å². The number of aryl methyl sites for hydroxylation is 1. The molecule has 18 heavy (non-hydrogen) atoms. The second-order valence-electron chi connectivity index (χ2n) is 4.20. The van der Waals surface area contributed by atoms with Gasteiger partial charge in [0, 0.05) is 11.6 Å². The first-order chi connectivity index (χ1) is 8.52. The van der Waals surface area contributed by atoms with Crippen molar-refractivity contribution in [1.82, 2.24) is 10.6 Å². The van der Waals surface area contributed by atoms with Crippen molar-refractivity contribution in [2.24, 2.45) is 0 Å². The maximum Gasteiger partial charge on any atom is 0.251 e. The quantitative estimate of drug-likeness (QED) is 0.699. The molecule has 0 radical (unpaired) electrons. The van der Waals surface area contributed by atoms with Gasteiger partial charge in [0.1, 0.15) is 0 Å². The lowest BCUT2D eigenvalue weighted by molar-refractivity contribution is -0.121. The molecule has 5 heteroatoms. The van der Waals surface area contributed by atoms with Gasteiger partial charge in [0.05, 0.1) is 13.2 Å². The second kappa shape index (κ2) is 6.76. The van der Waals surface area contributed by atoms with Crippen molar-refractivity contribution < 1.29 is 14.7 Å². The maximum atomic E-state index is 11.7. The van der Waals surface area contributed by atoms with Gasteiger partial charge >= 0.3 is 0 Å². The van der Waals surface area contributed by atoms with Gasteiger partial charge in [-0.15, -0.1) is 0 Å². The highest BCUT2D eigenvalue weighted by molar-refractivity contribution is 5.96. The molecule has 0 saturated heterocycles. The number of rotatable bonds is 5. The number of nitrogens with one attached hydrogen (secondary N) is 2. The third-order valence-electron chi connectivity index (χ3n) is 2.37. The van der Waals surface area contributed by atoms with E-state index in [1.165, 1.54) is 0 Å². The van der Waals surface area contributed by atoms with E-state index >= 15 is 0 Å². The fourth-order valence-corrected chi connectivity index (χ4v) is 1.42. The van der Waals surface area contributed by atoms with Crippen LogP contribution in [0.15, 0.2) is 24.3 Å². The summed E-state index contributed by atoms with van der Waals surface area (Å²) in [6.45, 7) is 3.35. The predicted octanol–water partition coefficient (Wildman–Crippen LogP) is 0.222. The van der Waals surface area contributed by atoms with Crippen LogP contribution in [0.1, 0.15) is 22.8 Å². The average Bonchev–Trinajstić information content (AvgIpc) is 2.35. The number of carbonyl (C=O) groups excluding carboxylic acids is 2. The largest absolute Gasteiger partial charge is 0.394 e. The van der Waals surface area contributed by atoms with Gasteiger partial charge in [-0.05, 0) is 26.0 Å². The summed E-state index contributed by atoms with van der Waals surface area (Å²) in [6, 6.07) is 6.82. The van der Waals surface area contributed by atoms with Crippen LogP contribution in [0.5, 0.6) is 0 Å². The lowest BCUT2D eigenvalue weighted by Crippen LogP contribution is -2.42. The lowest BCUT2D eigenvalue weighted by Gasteiger charge is -2.11. The summed E-state index contributed by atoms with van der Waals surface area (Å²) in [7, 11) is 0. The van der Waals surface area contributed by atoms with Gasteiger partial charge in [0.2, 0.25) is 5.91 Å². The molecule has 0 saturated carbocycles. The Labute approximate surface area is 106 Å². The fraction of sp³-hybridized carbons (Fsp3) is 0.385. The molecule has 3 N–H and O–H groups in total. The van der Waals surface area contributed by atoms with E-state index in [9.17, 15) is 9.59 Å². The molecule has 0 heterocycles. The summed E-state index contributed by atoms with van der Waals surface area (Å²) in [4.78, 5) is 23.1. The van der Waals surface area contributed by atoms with E-state index in [-0.39, 0.29) is 31.0 Å². The second-order valence-corrected chi connectivity index (χ2v) is 4.20. The number of hydrogen-bond donors (Lipinski definition) is 3. The molecule has 0 aliphatic heterocycles. The van der Waals surface area contributed by atoms with Crippen molar-refractivity contribution in [2.75, 3.05) is 13.2 Å². The third kappa shape index (κ3) is 4.55. The summed E-state index contributed by atoms with van der Waals surface area (Å²) in [5.41, 5.74) is 1.51. The summed E-state index contributed by atoms with van der Waals surface area (Å²) < 4.78 is 0. The Morgan fingerprint density at radius 3 is 2.72 bits per heavy atom. The van der Waals surface area contributed by atoms with Crippen molar-refractivity contribution in [2.45, 2.75) is 19.9 Å². The number of hydrogen-bond acceptors (Lipinski definition) is 3. The highest BCUT2D eigenvalue weighted by Crippen LogP contribution is 2.03. The van der Waals surface area contributed by atoms with Crippen LogP contribution < -0.4 is 10.6 Å².